The number of hydrogen-bond donors (Lipinski definition) is 1. The second-order valence-electron chi connectivity index (χ2n) is 8.29. The molecule has 1 amide bonds. The van der Waals surface area contributed by atoms with E-state index in [0.717, 1.165) is 38.0 Å². The molecule has 0 spiro atoms. The van der Waals surface area contributed by atoms with E-state index < -0.39 is 57.8 Å². The summed E-state index contributed by atoms with van der Waals surface area (Å²) in [5, 5.41) is 3.05. The van der Waals surface area contributed by atoms with E-state index in [4.69, 9.17) is 39.5 Å². The topological polar surface area (TPSA) is 81.7 Å². The molecule has 1 unspecified atom stereocenters. The molecule has 29 heavy (non-hydrogen) atoms. The van der Waals surface area contributed by atoms with Gasteiger partial charge in [-0.2, -0.15) is 0 Å². The molecule has 2 saturated heterocycles. The Kier molecular flexibility index (Phi) is 9.26. The van der Waals surface area contributed by atoms with E-state index in [-0.39, 0.29) is 5.91 Å². The summed E-state index contributed by atoms with van der Waals surface area (Å²) in [7, 11) is -1.34. The number of nitrogens with one attached hydrogen (secondary N) is 1. The van der Waals surface area contributed by atoms with Crippen molar-refractivity contribution in [2.75, 3.05) is 18.9 Å². The van der Waals surface area contributed by atoms with E-state index in [0.29, 0.717) is 0 Å². The number of hydrogen-bond acceptors (Lipinski definition) is 5. The van der Waals surface area contributed by atoms with Crippen molar-refractivity contribution in [1.29, 1.82) is 0 Å². The molecule has 0 aromatic rings. The fourth-order valence-electron chi connectivity index (χ4n) is 3.99. The zero-order chi connectivity index (χ0) is 22.0. The molecule has 0 aromatic carbocycles. The van der Waals surface area contributed by atoms with Crippen LogP contribution in [0.4, 0.5) is 0 Å². The predicted octanol–water partition coefficient (Wildman–Crippen LogP) is 3.40. The number of alkyl halides is 3. The standard InChI is InChI=1S/C18H32Cl3N2O4PS/c1-5-7-9-28(10-8-6-2)22-12-14(24)23-13(16(25)27-11-18(19,20)21)17(3,4)29(26)15(12)23/h12-13,15,22H,5-11,28H2,1-4H3/t12-,13+,15-,29?/m1/s1. The number of rotatable bonds is 10. The summed E-state index contributed by atoms with van der Waals surface area (Å²) in [6.45, 7) is 7.33. The van der Waals surface area contributed by atoms with Crippen molar-refractivity contribution in [2.45, 2.75) is 79.4 Å². The fourth-order valence-corrected chi connectivity index (χ4v) is 9.48. The van der Waals surface area contributed by atoms with Crippen LogP contribution in [-0.4, -0.2) is 66.3 Å². The number of nitrogens with zero attached hydrogens (tertiary/aromatic N) is 1. The molecule has 0 saturated carbocycles. The normalized spacial score (nSPS) is 28.8. The first-order chi connectivity index (χ1) is 13.5. The number of carbonyl (C=O) groups excluding carboxylic acids is 2. The molecule has 170 valence electrons. The maximum atomic E-state index is 13.2. The summed E-state index contributed by atoms with van der Waals surface area (Å²) in [5.74, 6) is -0.870. The molecule has 4 atom stereocenters. The zero-order valence-electron chi connectivity index (χ0n) is 17.4. The van der Waals surface area contributed by atoms with Crippen LogP contribution in [0.2, 0.25) is 0 Å². The van der Waals surface area contributed by atoms with Crippen LogP contribution < -0.4 is 5.09 Å². The van der Waals surface area contributed by atoms with E-state index in [1.807, 2.05) is 0 Å². The molecule has 0 aliphatic carbocycles. The SMILES string of the molecule is CCCC[PH2](CCCC)N[C@@H]1C(=O)N2[C@@H]1[S+]([O-])C(C)(C)[C@@H]2C(=O)OCC(Cl)(Cl)Cl. The number of β-lactam (4-membered cyclic amide) rings is 1. The van der Waals surface area contributed by atoms with Crippen molar-refractivity contribution in [3.8, 4) is 0 Å². The Hall–Kier alpha value is 0.510. The number of halogens is 3. The number of fused-ring (bicyclic) bond motifs is 1. The Morgan fingerprint density at radius 2 is 1.83 bits per heavy atom. The van der Waals surface area contributed by atoms with Crippen molar-refractivity contribution in [3.05, 3.63) is 0 Å². The van der Waals surface area contributed by atoms with Gasteiger partial charge in [0.25, 0.3) is 0 Å². The summed E-state index contributed by atoms with van der Waals surface area (Å²) < 4.78 is 15.6. The molecule has 6 nitrogen and oxygen atoms in total. The molecule has 2 rings (SSSR count). The summed E-state index contributed by atoms with van der Waals surface area (Å²) in [6, 6.07) is -1.43. The van der Waals surface area contributed by atoms with Gasteiger partial charge in [-0.1, -0.05) is 0 Å². The van der Waals surface area contributed by atoms with E-state index in [1.165, 1.54) is 4.90 Å². The quantitative estimate of drug-likeness (QED) is 0.160. The Morgan fingerprint density at radius 3 is 2.31 bits per heavy atom. The third-order valence-corrected chi connectivity index (χ3v) is 11.1. The van der Waals surface area contributed by atoms with Crippen LogP contribution in [0.25, 0.3) is 0 Å². The first-order valence-corrected chi connectivity index (χ1v) is 14.7. The van der Waals surface area contributed by atoms with Crippen LogP contribution in [0.3, 0.4) is 0 Å². The van der Waals surface area contributed by atoms with Crippen LogP contribution in [0.5, 0.6) is 0 Å². The molecule has 0 aromatic heterocycles. The number of ether oxygens (including phenoxy) is 1. The molecule has 2 aliphatic rings. The van der Waals surface area contributed by atoms with Gasteiger partial charge in [-0.05, 0) is 0 Å². The zero-order valence-corrected chi connectivity index (χ0v) is 21.6. The average molecular weight is 510 g/mol. The molecule has 11 heteroatoms. The van der Waals surface area contributed by atoms with Gasteiger partial charge in [0, 0.05) is 0 Å². The first kappa shape index (κ1) is 25.8. The van der Waals surface area contributed by atoms with Crippen LogP contribution >= 0.6 is 42.9 Å². The van der Waals surface area contributed by atoms with Crippen LogP contribution in [0.1, 0.15) is 53.4 Å². The van der Waals surface area contributed by atoms with Crippen molar-refractivity contribution < 1.29 is 18.9 Å². The van der Waals surface area contributed by atoms with Gasteiger partial charge in [-0.15, -0.1) is 0 Å². The van der Waals surface area contributed by atoms with Gasteiger partial charge in [0.15, 0.2) is 0 Å². The Bertz CT molecular complexity index is 600. The van der Waals surface area contributed by atoms with Crippen LogP contribution in [-0.2, 0) is 25.5 Å². The van der Waals surface area contributed by atoms with Crippen LogP contribution in [0.15, 0.2) is 0 Å². The van der Waals surface area contributed by atoms with Gasteiger partial charge < -0.3 is 0 Å². The van der Waals surface area contributed by atoms with Gasteiger partial charge in [0.05, 0.1) is 0 Å². The Morgan fingerprint density at radius 1 is 1.28 bits per heavy atom. The fraction of sp³-hybridized carbons (Fsp3) is 0.889. The Balaban J connectivity index is 2.12. The molecular formula is C18H32Cl3N2O4PS. The van der Waals surface area contributed by atoms with Crippen molar-refractivity contribution in [2.24, 2.45) is 0 Å². The molecule has 0 radical (unpaired) electrons. The summed E-state index contributed by atoms with van der Waals surface area (Å²) >= 11 is 15.6. The molecule has 1 N–H and O–H groups in total. The predicted molar refractivity (Wildman–Crippen MR) is 124 cm³/mol. The van der Waals surface area contributed by atoms with E-state index in [9.17, 15) is 14.1 Å². The van der Waals surface area contributed by atoms with Gasteiger partial charge in [0.2, 0.25) is 0 Å². The summed E-state index contributed by atoms with van der Waals surface area (Å²) in [5.41, 5.74) is 0. The number of esters is 1. The van der Waals surface area contributed by atoms with Crippen molar-refractivity contribution in [1.82, 2.24) is 9.99 Å². The second kappa shape index (κ2) is 10.4. The van der Waals surface area contributed by atoms with Gasteiger partial charge in [-0.3, -0.25) is 0 Å². The molecule has 2 aliphatic heterocycles. The number of unbranched alkanes of at least 4 members (excludes halogenated alkanes) is 2. The van der Waals surface area contributed by atoms with Gasteiger partial charge in [-0.25, -0.2) is 0 Å². The number of amides is 1. The molecule has 0 bridgehead atoms. The molecule has 2 fully saturated rings. The monoisotopic (exact) mass is 508 g/mol. The second-order valence-corrected chi connectivity index (χ2v) is 15.8. The number of carbonyl (C=O) groups is 2. The third kappa shape index (κ3) is 5.85. The first-order valence-electron chi connectivity index (χ1n) is 10.2. The maximum absolute atomic E-state index is 13.2. The van der Waals surface area contributed by atoms with E-state index in [2.05, 4.69) is 18.9 Å². The van der Waals surface area contributed by atoms with E-state index in [1.54, 1.807) is 13.8 Å². The minimum absolute atomic E-state index is 0.185. The average Bonchev–Trinajstić information content (AvgIpc) is 2.82. The summed E-state index contributed by atoms with van der Waals surface area (Å²) in [4.78, 5) is 27.0. The van der Waals surface area contributed by atoms with Gasteiger partial charge in [0.1, 0.15) is 0 Å². The van der Waals surface area contributed by atoms with Crippen LogP contribution in [0, 0.1) is 0 Å². The molecule has 2 heterocycles. The van der Waals surface area contributed by atoms with Crippen molar-refractivity contribution in [3.63, 3.8) is 0 Å². The third-order valence-electron chi connectivity index (χ3n) is 5.58. The Labute approximate surface area is 192 Å². The molecular weight excluding hydrogens is 478 g/mol. The van der Waals surface area contributed by atoms with E-state index >= 15 is 0 Å². The van der Waals surface area contributed by atoms with Crippen molar-refractivity contribution >= 4 is 65.9 Å². The summed E-state index contributed by atoms with van der Waals surface area (Å²) in [6.07, 6.45) is 6.70. The van der Waals surface area contributed by atoms with Gasteiger partial charge >= 0.3 is 193 Å². The minimum atomic E-state index is -1.74.